The van der Waals surface area contributed by atoms with Gasteiger partial charge in [0.2, 0.25) is 0 Å². The average molecular weight is 187 g/mol. The van der Waals surface area contributed by atoms with E-state index < -0.39 is 5.97 Å². The summed E-state index contributed by atoms with van der Waals surface area (Å²) in [5, 5.41) is 24.1. The van der Waals surface area contributed by atoms with Crippen LogP contribution < -0.4 is 0 Å². The number of rotatable bonds is 1. The van der Waals surface area contributed by atoms with Gasteiger partial charge in [-0.1, -0.05) is 6.07 Å². The Kier molecular flexibility index (Phi) is 1.68. The van der Waals surface area contributed by atoms with Crippen LogP contribution in [0.15, 0.2) is 18.2 Å². The van der Waals surface area contributed by atoms with Crippen molar-refractivity contribution in [3.05, 3.63) is 29.5 Å². The van der Waals surface area contributed by atoms with Gasteiger partial charge in [-0.3, -0.25) is 5.10 Å². The SMILES string of the molecule is N#Cc1cccc2[nH]nc(C(=O)O)c12. The number of hydrogen-bond acceptors (Lipinski definition) is 3. The summed E-state index contributed by atoms with van der Waals surface area (Å²) in [6, 6.07) is 6.84. The number of aromatic nitrogens is 2. The summed E-state index contributed by atoms with van der Waals surface area (Å²) in [5.74, 6) is -1.14. The third-order valence-electron chi connectivity index (χ3n) is 1.91. The first-order valence-corrected chi connectivity index (χ1v) is 3.84. The van der Waals surface area contributed by atoms with Gasteiger partial charge in [0.15, 0.2) is 5.69 Å². The molecular weight excluding hydrogens is 182 g/mol. The molecule has 5 heteroatoms. The molecule has 0 radical (unpaired) electrons. The normalized spacial score (nSPS) is 9.93. The fourth-order valence-electron chi connectivity index (χ4n) is 1.32. The van der Waals surface area contributed by atoms with Gasteiger partial charge in [0.1, 0.15) is 0 Å². The summed E-state index contributed by atoms with van der Waals surface area (Å²) >= 11 is 0. The molecule has 0 spiro atoms. The molecule has 0 aliphatic heterocycles. The summed E-state index contributed by atoms with van der Waals surface area (Å²) in [5.41, 5.74) is 0.757. The minimum absolute atomic E-state index is 0.114. The van der Waals surface area contributed by atoms with Crippen LogP contribution >= 0.6 is 0 Å². The van der Waals surface area contributed by atoms with E-state index in [1.54, 1.807) is 18.2 Å². The van der Waals surface area contributed by atoms with Crippen molar-refractivity contribution in [2.45, 2.75) is 0 Å². The predicted octanol–water partition coefficient (Wildman–Crippen LogP) is 1.13. The number of benzene rings is 1. The molecule has 2 aromatic rings. The van der Waals surface area contributed by atoms with Crippen LogP contribution in [-0.4, -0.2) is 21.3 Å². The zero-order valence-electron chi connectivity index (χ0n) is 6.98. The Hall–Kier alpha value is -2.35. The number of carboxylic acid groups (broad SMARTS) is 1. The molecule has 2 N–H and O–H groups in total. The minimum Gasteiger partial charge on any atom is -0.476 e. The molecule has 14 heavy (non-hydrogen) atoms. The number of carbonyl (C=O) groups is 1. The van der Waals surface area contributed by atoms with E-state index in [9.17, 15) is 4.79 Å². The molecule has 0 amide bonds. The van der Waals surface area contributed by atoms with E-state index in [2.05, 4.69) is 10.2 Å². The lowest BCUT2D eigenvalue weighted by molar-refractivity contribution is 0.0692. The van der Waals surface area contributed by atoms with E-state index in [4.69, 9.17) is 10.4 Å². The minimum atomic E-state index is -1.14. The fourth-order valence-corrected chi connectivity index (χ4v) is 1.32. The summed E-state index contributed by atoms with van der Waals surface area (Å²) in [6.45, 7) is 0. The zero-order chi connectivity index (χ0) is 10.1. The Morgan fingerprint density at radius 1 is 1.57 bits per heavy atom. The number of fused-ring (bicyclic) bond motifs is 1. The van der Waals surface area contributed by atoms with Crippen molar-refractivity contribution in [2.24, 2.45) is 0 Å². The third kappa shape index (κ3) is 1.02. The number of nitrogens with zero attached hydrogens (tertiary/aromatic N) is 2. The van der Waals surface area contributed by atoms with Crippen molar-refractivity contribution in [1.29, 1.82) is 5.26 Å². The van der Waals surface area contributed by atoms with Crippen LogP contribution in [0.5, 0.6) is 0 Å². The number of nitrogens with one attached hydrogen (secondary N) is 1. The lowest BCUT2D eigenvalue weighted by atomic mass is 10.1. The standard InChI is InChI=1S/C9H5N3O2/c10-4-5-2-1-3-6-7(5)8(9(13)14)12-11-6/h1-3H,(H,11,12)(H,13,14). The van der Waals surface area contributed by atoms with Gasteiger partial charge in [0, 0.05) is 0 Å². The molecule has 0 bridgehead atoms. The van der Waals surface area contributed by atoms with Crippen LogP contribution in [-0.2, 0) is 0 Å². The van der Waals surface area contributed by atoms with Gasteiger partial charge >= 0.3 is 5.97 Å². The first-order valence-electron chi connectivity index (χ1n) is 3.84. The number of hydrogen-bond donors (Lipinski definition) is 2. The molecule has 0 unspecified atom stereocenters. The summed E-state index contributed by atoms with van der Waals surface area (Å²) < 4.78 is 0. The summed E-state index contributed by atoms with van der Waals surface area (Å²) in [6.07, 6.45) is 0. The smallest absolute Gasteiger partial charge is 0.357 e. The second-order valence-corrected chi connectivity index (χ2v) is 2.72. The van der Waals surface area contributed by atoms with E-state index in [1.807, 2.05) is 6.07 Å². The third-order valence-corrected chi connectivity index (χ3v) is 1.91. The number of nitriles is 1. The molecule has 0 saturated carbocycles. The first-order chi connectivity index (χ1) is 6.74. The number of aromatic amines is 1. The van der Waals surface area contributed by atoms with Crippen molar-refractivity contribution in [3.63, 3.8) is 0 Å². The molecule has 0 atom stereocenters. The van der Waals surface area contributed by atoms with E-state index in [-0.39, 0.29) is 5.69 Å². The van der Waals surface area contributed by atoms with Crippen LogP contribution in [0.1, 0.15) is 16.1 Å². The van der Waals surface area contributed by atoms with Crippen molar-refractivity contribution in [3.8, 4) is 6.07 Å². The lowest BCUT2D eigenvalue weighted by Gasteiger charge is -1.92. The quantitative estimate of drug-likeness (QED) is 0.700. The number of H-pyrrole nitrogens is 1. The first kappa shape index (κ1) is 8.26. The van der Waals surface area contributed by atoms with E-state index in [1.165, 1.54) is 0 Å². The Balaban J connectivity index is 2.89. The second-order valence-electron chi connectivity index (χ2n) is 2.72. The van der Waals surface area contributed by atoms with E-state index >= 15 is 0 Å². The van der Waals surface area contributed by atoms with Crippen LogP contribution in [0.3, 0.4) is 0 Å². The van der Waals surface area contributed by atoms with Crippen LogP contribution in [0.25, 0.3) is 10.9 Å². The number of carboxylic acids is 1. The van der Waals surface area contributed by atoms with Crippen LogP contribution in [0.2, 0.25) is 0 Å². The molecule has 5 nitrogen and oxygen atoms in total. The highest BCUT2D eigenvalue weighted by atomic mass is 16.4. The maximum Gasteiger partial charge on any atom is 0.357 e. The highest BCUT2D eigenvalue weighted by molar-refractivity contribution is 6.03. The second kappa shape index (κ2) is 2.85. The van der Waals surface area contributed by atoms with Crippen molar-refractivity contribution in [1.82, 2.24) is 10.2 Å². The fraction of sp³-hybridized carbons (Fsp3) is 0. The Morgan fingerprint density at radius 2 is 2.36 bits per heavy atom. The predicted molar refractivity (Wildman–Crippen MR) is 47.8 cm³/mol. The van der Waals surface area contributed by atoms with E-state index in [0.717, 1.165) is 0 Å². The molecule has 68 valence electrons. The summed E-state index contributed by atoms with van der Waals surface area (Å²) in [7, 11) is 0. The Morgan fingerprint density at radius 3 is 3.00 bits per heavy atom. The van der Waals surface area contributed by atoms with Gasteiger partial charge < -0.3 is 5.11 Å². The van der Waals surface area contributed by atoms with Gasteiger partial charge in [0.25, 0.3) is 0 Å². The van der Waals surface area contributed by atoms with Gasteiger partial charge in [-0.25, -0.2) is 4.79 Å². The lowest BCUT2D eigenvalue weighted by Crippen LogP contribution is -1.97. The highest BCUT2D eigenvalue weighted by Gasteiger charge is 2.15. The van der Waals surface area contributed by atoms with Gasteiger partial charge in [0.05, 0.1) is 22.5 Å². The van der Waals surface area contributed by atoms with Crippen molar-refractivity contribution in [2.75, 3.05) is 0 Å². The Labute approximate surface area is 78.6 Å². The molecule has 2 rings (SSSR count). The largest absolute Gasteiger partial charge is 0.476 e. The molecule has 0 fully saturated rings. The highest BCUT2D eigenvalue weighted by Crippen LogP contribution is 2.19. The summed E-state index contributed by atoms with van der Waals surface area (Å²) in [4.78, 5) is 10.8. The van der Waals surface area contributed by atoms with Gasteiger partial charge in [-0.05, 0) is 12.1 Å². The van der Waals surface area contributed by atoms with E-state index in [0.29, 0.717) is 16.5 Å². The maximum atomic E-state index is 10.8. The molecule has 1 heterocycles. The monoisotopic (exact) mass is 187 g/mol. The average Bonchev–Trinajstić information content (AvgIpc) is 2.60. The topological polar surface area (TPSA) is 89.8 Å². The van der Waals surface area contributed by atoms with Gasteiger partial charge in [-0.2, -0.15) is 10.4 Å². The molecule has 0 saturated heterocycles. The number of aromatic carboxylic acids is 1. The maximum absolute atomic E-state index is 10.8. The van der Waals surface area contributed by atoms with Crippen LogP contribution in [0, 0.1) is 11.3 Å². The van der Waals surface area contributed by atoms with Crippen molar-refractivity contribution < 1.29 is 9.90 Å². The zero-order valence-corrected chi connectivity index (χ0v) is 6.98. The van der Waals surface area contributed by atoms with Crippen molar-refractivity contribution >= 4 is 16.9 Å². The van der Waals surface area contributed by atoms with Gasteiger partial charge in [-0.15, -0.1) is 0 Å². The Bertz CT molecular complexity index is 551. The molecular formula is C9H5N3O2. The molecule has 1 aromatic heterocycles. The van der Waals surface area contributed by atoms with Crippen LogP contribution in [0.4, 0.5) is 0 Å². The molecule has 0 aliphatic rings. The molecule has 1 aromatic carbocycles. The molecule has 0 aliphatic carbocycles.